The fraction of sp³-hybridized carbons (Fsp3) is 0.750. The second-order valence-corrected chi connectivity index (χ2v) is 6.58. The van der Waals surface area contributed by atoms with Crippen LogP contribution in [0.25, 0.3) is 0 Å². The molecule has 2 fully saturated rings. The molecule has 1 aromatic rings. The number of nitrogens with zero attached hydrogens (tertiary/aromatic N) is 2. The molecule has 4 nitrogen and oxygen atoms in total. The van der Waals surface area contributed by atoms with E-state index in [2.05, 4.69) is 17.3 Å². The number of aromatic nitrogens is 2. The van der Waals surface area contributed by atoms with E-state index in [1.54, 1.807) is 0 Å². The lowest BCUT2D eigenvalue weighted by molar-refractivity contribution is 0.0914. The van der Waals surface area contributed by atoms with E-state index in [-0.39, 0.29) is 11.9 Å². The fourth-order valence-corrected chi connectivity index (χ4v) is 4.20. The summed E-state index contributed by atoms with van der Waals surface area (Å²) in [6, 6.07) is 0.280. The molecule has 0 spiro atoms. The first kappa shape index (κ1) is 13.7. The van der Waals surface area contributed by atoms with Crippen LogP contribution in [0.1, 0.15) is 55.6 Å². The van der Waals surface area contributed by atoms with Gasteiger partial charge < -0.3 is 5.32 Å². The minimum Gasteiger partial charge on any atom is -0.349 e. The van der Waals surface area contributed by atoms with Crippen molar-refractivity contribution in [2.24, 2.45) is 17.8 Å². The Morgan fingerprint density at radius 2 is 2.30 bits per heavy atom. The lowest BCUT2D eigenvalue weighted by Gasteiger charge is -2.28. The molecule has 2 aliphatic rings. The van der Waals surface area contributed by atoms with Crippen molar-refractivity contribution in [2.45, 2.75) is 59.0 Å². The monoisotopic (exact) mass is 275 g/mol. The van der Waals surface area contributed by atoms with E-state index in [1.165, 1.54) is 25.7 Å². The molecule has 1 heterocycles. The normalized spacial score (nSPS) is 29.6. The number of rotatable bonds is 4. The highest BCUT2D eigenvalue weighted by Gasteiger charge is 2.42. The van der Waals surface area contributed by atoms with E-state index in [4.69, 9.17) is 0 Å². The van der Waals surface area contributed by atoms with E-state index in [0.717, 1.165) is 29.6 Å². The molecule has 0 saturated heterocycles. The van der Waals surface area contributed by atoms with Gasteiger partial charge in [-0.05, 0) is 57.8 Å². The number of fused-ring (bicyclic) bond motifs is 2. The molecule has 1 N–H and O–H groups in total. The maximum atomic E-state index is 12.4. The highest BCUT2D eigenvalue weighted by atomic mass is 16.1. The SMILES string of the molecule is CCn1cc(C(=O)N[C@H](C)[C@@H]2C[C@H]3CC[C@H]2C3)c(C)n1. The molecule has 0 aromatic carbocycles. The van der Waals surface area contributed by atoms with Crippen molar-refractivity contribution in [3.8, 4) is 0 Å². The Bertz CT molecular complexity index is 508. The molecular formula is C16H25N3O. The van der Waals surface area contributed by atoms with Gasteiger partial charge in [0.2, 0.25) is 0 Å². The van der Waals surface area contributed by atoms with Crippen LogP contribution in [-0.4, -0.2) is 21.7 Å². The van der Waals surface area contributed by atoms with Crippen LogP contribution in [0.4, 0.5) is 0 Å². The third-order valence-electron chi connectivity index (χ3n) is 5.31. The van der Waals surface area contributed by atoms with E-state index >= 15 is 0 Å². The van der Waals surface area contributed by atoms with Crippen LogP contribution in [0.3, 0.4) is 0 Å². The van der Waals surface area contributed by atoms with Crippen molar-refractivity contribution in [1.82, 2.24) is 15.1 Å². The third kappa shape index (κ3) is 2.36. The number of aryl methyl sites for hydroxylation is 2. The molecule has 1 aromatic heterocycles. The standard InChI is InChI=1S/C16H25N3O/c1-4-19-9-15(11(3)18-19)16(20)17-10(2)14-8-12-5-6-13(14)7-12/h9-10,12-14H,4-8H2,1-3H3,(H,17,20)/t10-,12+,13+,14+/m1/s1. The van der Waals surface area contributed by atoms with Crippen molar-refractivity contribution in [1.29, 1.82) is 0 Å². The molecule has 20 heavy (non-hydrogen) atoms. The van der Waals surface area contributed by atoms with Gasteiger partial charge in [-0.15, -0.1) is 0 Å². The summed E-state index contributed by atoms with van der Waals surface area (Å²) in [6.07, 6.45) is 7.32. The Hall–Kier alpha value is -1.32. The number of nitrogens with one attached hydrogen (secondary N) is 1. The van der Waals surface area contributed by atoms with Crippen molar-refractivity contribution >= 4 is 5.91 Å². The van der Waals surface area contributed by atoms with Gasteiger partial charge in [-0.2, -0.15) is 5.10 Å². The number of hydrogen-bond donors (Lipinski definition) is 1. The minimum atomic E-state index is 0.0393. The lowest BCUT2D eigenvalue weighted by Crippen LogP contribution is -2.40. The van der Waals surface area contributed by atoms with Crippen molar-refractivity contribution < 1.29 is 4.79 Å². The Morgan fingerprint density at radius 1 is 1.50 bits per heavy atom. The zero-order chi connectivity index (χ0) is 14.3. The summed E-state index contributed by atoms with van der Waals surface area (Å²) in [5, 5.41) is 7.56. The van der Waals surface area contributed by atoms with Gasteiger partial charge in [0, 0.05) is 18.8 Å². The summed E-state index contributed by atoms with van der Waals surface area (Å²) in [7, 11) is 0. The van der Waals surface area contributed by atoms with Crippen LogP contribution in [0.15, 0.2) is 6.20 Å². The van der Waals surface area contributed by atoms with Gasteiger partial charge in [0.1, 0.15) is 0 Å². The average Bonchev–Trinajstić information content (AvgIpc) is 3.12. The van der Waals surface area contributed by atoms with E-state index in [0.29, 0.717) is 5.92 Å². The van der Waals surface area contributed by atoms with Gasteiger partial charge in [-0.3, -0.25) is 9.48 Å². The average molecular weight is 275 g/mol. The summed E-state index contributed by atoms with van der Waals surface area (Å²) in [4.78, 5) is 12.4. The first-order valence-corrected chi connectivity index (χ1v) is 7.93. The van der Waals surface area contributed by atoms with Crippen LogP contribution in [0.5, 0.6) is 0 Å². The van der Waals surface area contributed by atoms with Crippen LogP contribution < -0.4 is 5.32 Å². The molecular weight excluding hydrogens is 250 g/mol. The van der Waals surface area contributed by atoms with Crippen LogP contribution in [0, 0.1) is 24.7 Å². The van der Waals surface area contributed by atoms with Crippen molar-refractivity contribution in [2.75, 3.05) is 0 Å². The van der Waals surface area contributed by atoms with Gasteiger partial charge in [-0.25, -0.2) is 0 Å². The molecule has 0 unspecified atom stereocenters. The van der Waals surface area contributed by atoms with Gasteiger partial charge in [0.25, 0.3) is 5.91 Å². The maximum Gasteiger partial charge on any atom is 0.254 e. The Labute approximate surface area is 120 Å². The Morgan fingerprint density at radius 3 is 2.85 bits per heavy atom. The Balaban J connectivity index is 1.64. The minimum absolute atomic E-state index is 0.0393. The largest absolute Gasteiger partial charge is 0.349 e. The molecule has 1 amide bonds. The number of carbonyl (C=O) groups is 1. The van der Waals surface area contributed by atoms with Crippen LogP contribution >= 0.6 is 0 Å². The topological polar surface area (TPSA) is 46.9 Å². The van der Waals surface area contributed by atoms with Gasteiger partial charge in [-0.1, -0.05) is 6.42 Å². The predicted octanol–water partition coefficient (Wildman–Crippen LogP) is 2.77. The smallest absolute Gasteiger partial charge is 0.254 e. The second-order valence-electron chi connectivity index (χ2n) is 6.58. The summed E-state index contributed by atoms with van der Waals surface area (Å²) in [5.74, 6) is 2.49. The lowest BCUT2D eigenvalue weighted by atomic mass is 9.84. The highest BCUT2D eigenvalue weighted by Crippen LogP contribution is 2.49. The molecule has 2 bridgehead atoms. The zero-order valence-electron chi connectivity index (χ0n) is 12.7. The second kappa shape index (κ2) is 5.23. The van der Waals surface area contributed by atoms with Crippen molar-refractivity contribution in [3.63, 3.8) is 0 Å². The Kier molecular flexibility index (Phi) is 3.57. The van der Waals surface area contributed by atoms with Gasteiger partial charge in [0.15, 0.2) is 0 Å². The summed E-state index contributed by atoms with van der Waals surface area (Å²) in [6.45, 7) is 6.91. The van der Waals surface area contributed by atoms with E-state index in [1.807, 2.05) is 24.7 Å². The third-order valence-corrected chi connectivity index (χ3v) is 5.31. The maximum absolute atomic E-state index is 12.4. The number of carbonyl (C=O) groups excluding carboxylic acids is 1. The molecule has 110 valence electrons. The number of hydrogen-bond acceptors (Lipinski definition) is 2. The summed E-state index contributed by atoms with van der Waals surface area (Å²) < 4.78 is 1.83. The predicted molar refractivity (Wildman–Crippen MR) is 78.5 cm³/mol. The summed E-state index contributed by atoms with van der Waals surface area (Å²) >= 11 is 0. The number of amides is 1. The van der Waals surface area contributed by atoms with Gasteiger partial charge >= 0.3 is 0 Å². The van der Waals surface area contributed by atoms with Crippen LogP contribution in [0.2, 0.25) is 0 Å². The highest BCUT2D eigenvalue weighted by molar-refractivity contribution is 5.95. The van der Waals surface area contributed by atoms with Crippen LogP contribution in [-0.2, 0) is 6.54 Å². The molecule has 4 heteroatoms. The van der Waals surface area contributed by atoms with Gasteiger partial charge in [0.05, 0.1) is 11.3 Å². The molecule has 2 saturated carbocycles. The molecule has 4 atom stereocenters. The zero-order valence-corrected chi connectivity index (χ0v) is 12.7. The fourth-order valence-electron chi connectivity index (χ4n) is 4.20. The quantitative estimate of drug-likeness (QED) is 0.918. The summed E-state index contributed by atoms with van der Waals surface area (Å²) in [5.41, 5.74) is 1.55. The molecule has 0 radical (unpaired) electrons. The molecule has 3 rings (SSSR count). The van der Waals surface area contributed by atoms with Crippen molar-refractivity contribution in [3.05, 3.63) is 17.5 Å². The van der Waals surface area contributed by atoms with E-state index < -0.39 is 0 Å². The molecule has 2 aliphatic carbocycles. The first-order chi connectivity index (χ1) is 9.58. The first-order valence-electron chi connectivity index (χ1n) is 7.93. The van der Waals surface area contributed by atoms with E-state index in [9.17, 15) is 4.79 Å². The molecule has 0 aliphatic heterocycles.